The lowest BCUT2D eigenvalue weighted by atomic mass is 9.76. The van der Waals surface area contributed by atoms with E-state index in [4.69, 9.17) is 0 Å². The topological polar surface area (TPSA) is 104 Å². The summed E-state index contributed by atoms with van der Waals surface area (Å²) >= 11 is 0. The molecule has 0 bridgehead atoms. The predicted octanol–water partition coefficient (Wildman–Crippen LogP) is 3.45. The van der Waals surface area contributed by atoms with Gasteiger partial charge in [-0.05, 0) is 48.1 Å². The Morgan fingerprint density at radius 2 is 1.97 bits per heavy atom. The summed E-state index contributed by atoms with van der Waals surface area (Å²) in [5, 5.41) is 22.6. The first-order valence-corrected chi connectivity index (χ1v) is 10.0. The molecule has 0 unspecified atom stereocenters. The van der Waals surface area contributed by atoms with Crippen LogP contribution in [0.15, 0.2) is 54.6 Å². The van der Waals surface area contributed by atoms with Gasteiger partial charge in [-0.25, -0.2) is 0 Å². The van der Waals surface area contributed by atoms with Gasteiger partial charge in [0.2, 0.25) is 0 Å². The fraction of sp³-hybridized carbons (Fsp3) is 0.304. The molecule has 7 nitrogen and oxygen atoms in total. The van der Waals surface area contributed by atoms with Crippen LogP contribution in [0, 0.1) is 16.0 Å². The van der Waals surface area contributed by atoms with Gasteiger partial charge in [-0.3, -0.25) is 14.9 Å². The molecule has 0 aromatic heterocycles. The van der Waals surface area contributed by atoms with E-state index in [2.05, 4.69) is 19.1 Å². The molecule has 2 aromatic carbocycles. The minimum Gasteiger partial charge on any atom is -0.545 e. The number of aromatic carboxylic acids is 1. The first-order chi connectivity index (χ1) is 14.4. The van der Waals surface area contributed by atoms with Crippen LogP contribution in [0.2, 0.25) is 0 Å². The standard InChI is InChI=1S/C23H22N2O5/c1-2-5-20-18-9-4-8-17(18)19-13-15(23(27)28)10-11-21(19)24(20)22(26)14-6-3-7-16(12-14)25(29)30/h3-4,6-8,10-13,17-18,20H,2,5,9H2,1H3,(H,27,28)/p-1/t17-,18-,20-/m0/s1. The zero-order valence-electron chi connectivity index (χ0n) is 16.5. The van der Waals surface area contributed by atoms with E-state index >= 15 is 0 Å². The number of carboxylic acid groups (broad SMARTS) is 1. The van der Waals surface area contributed by atoms with E-state index in [9.17, 15) is 24.8 Å². The van der Waals surface area contributed by atoms with Gasteiger partial charge in [0.25, 0.3) is 11.6 Å². The third-order valence-electron chi connectivity index (χ3n) is 6.03. The summed E-state index contributed by atoms with van der Waals surface area (Å²) in [6.45, 7) is 2.06. The van der Waals surface area contributed by atoms with Gasteiger partial charge in [-0.2, -0.15) is 0 Å². The molecular weight excluding hydrogens is 384 g/mol. The van der Waals surface area contributed by atoms with Crippen LogP contribution >= 0.6 is 0 Å². The van der Waals surface area contributed by atoms with E-state index in [1.54, 1.807) is 23.1 Å². The Morgan fingerprint density at radius 1 is 1.17 bits per heavy atom. The fourth-order valence-corrected chi connectivity index (χ4v) is 4.73. The number of rotatable bonds is 5. The van der Waals surface area contributed by atoms with Crippen molar-refractivity contribution in [2.75, 3.05) is 4.90 Å². The van der Waals surface area contributed by atoms with Crippen molar-refractivity contribution in [3.05, 3.63) is 81.4 Å². The minimum absolute atomic E-state index is 0.0324. The number of allylic oxidation sites excluding steroid dienone is 2. The summed E-state index contributed by atoms with van der Waals surface area (Å²) in [7, 11) is 0. The number of nitro groups is 1. The van der Waals surface area contributed by atoms with Crippen molar-refractivity contribution in [1.29, 1.82) is 0 Å². The molecule has 1 heterocycles. The first-order valence-electron chi connectivity index (χ1n) is 10.0. The van der Waals surface area contributed by atoms with E-state index < -0.39 is 10.9 Å². The summed E-state index contributed by atoms with van der Waals surface area (Å²) < 4.78 is 0. The van der Waals surface area contributed by atoms with Crippen molar-refractivity contribution in [1.82, 2.24) is 0 Å². The number of amides is 1. The van der Waals surface area contributed by atoms with E-state index in [-0.39, 0.29) is 40.6 Å². The molecule has 1 aliphatic heterocycles. The van der Waals surface area contributed by atoms with Gasteiger partial charge in [0.1, 0.15) is 0 Å². The lowest BCUT2D eigenvalue weighted by Crippen LogP contribution is -2.49. The van der Waals surface area contributed by atoms with Crippen LogP contribution < -0.4 is 10.0 Å². The number of benzene rings is 2. The Morgan fingerprint density at radius 3 is 2.67 bits per heavy atom. The maximum atomic E-state index is 13.6. The van der Waals surface area contributed by atoms with Crippen LogP contribution in [0.1, 0.15) is 58.4 Å². The van der Waals surface area contributed by atoms with Crippen molar-refractivity contribution in [2.45, 2.75) is 38.1 Å². The zero-order valence-corrected chi connectivity index (χ0v) is 16.5. The smallest absolute Gasteiger partial charge is 0.270 e. The molecule has 0 spiro atoms. The summed E-state index contributed by atoms with van der Waals surface area (Å²) in [4.78, 5) is 37.4. The van der Waals surface area contributed by atoms with Crippen molar-refractivity contribution in [2.24, 2.45) is 5.92 Å². The van der Waals surface area contributed by atoms with Gasteiger partial charge in [0, 0.05) is 35.3 Å². The van der Waals surface area contributed by atoms with E-state index in [1.165, 1.54) is 24.3 Å². The average Bonchev–Trinajstić information content (AvgIpc) is 3.23. The number of hydrogen-bond donors (Lipinski definition) is 0. The summed E-state index contributed by atoms with van der Waals surface area (Å²) in [6.07, 6.45) is 6.61. The normalized spacial score (nSPS) is 21.8. The summed E-state index contributed by atoms with van der Waals surface area (Å²) in [5.74, 6) is -1.41. The second kappa shape index (κ2) is 7.74. The van der Waals surface area contributed by atoms with Crippen LogP contribution in [-0.4, -0.2) is 22.8 Å². The highest BCUT2D eigenvalue weighted by molar-refractivity contribution is 6.08. The highest BCUT2D eigenvalue weighted by atomic mass is 16.6. The van der Waals surface area contributed by atoms with E-state index in [0.29, 0.717) is 5.69 Å². The van der Waals surface area contributed by atoms with Gasteiger partial charge < -0.3 is 14.8 Å². The largest absolute Gasteiger partial charge is 0.545 e. The Labute approximate surface area is 173 Å². The second-order valence-electron chi connectivity index (χ2n) is 7.75. The van der Waals surface area contributed by atoms with E-state index in [0.717, 1.165) is 24.8 Å². The van der Waals surface area contributed by atoms with Crippen molar-refractivity contribution in [3.8, 4) is 0 Å². The Hall–Kier alpha value is -3.48. The number of carbonyl (C=O) groups is 2. The van der Waals surface area contributed by atoms with Crippen LogP contribution in [0.25, 0.3) is 0 Å². The molecule has 154 valence electrons. The molecule has 0 N–H and O–H groups in total. The molecule has 3 atom stereocenters. The molecule has 1 amide bonds. The molecule has 0 saturated heterocycles. The number of hydrogen-bond acceptors (Lipinski definition) is 5. The Bertz CT molecular complexity index is 1060. The zero-order chi connectivity index (χ0) is 21.4. The van der Waals surface area contributed by atoms with Crippen molar-refractivity contribution < 1.29 is 19.6 Å². The third kappa shape index (κ3) is 3.26. The maximum Gasteiger partial charge on any atom is 0.270 e. The van der Waals surface area contributed by atoms with Crippen molar-refractivity contribution >= 4 is 23.3 Å². The minimum atomic E-state index is -1.26. The average molecular weight is 405 g/mol. The molecule has 1 aliphatic carbocycles. The molecular formula is C23H21N2O5-. The summed E-state index contributed by atoms with van der Waals surface area (Å²) in [5.41, 5.74) is 1.61. The predicted molar refractivity (Wildman–Crippen MR) is 109 cm³/mol. The Kier molecular flexibility index (Phi) is 5.11. The van der Waals surface area contributed by atoms with Crippen LogP contribution in [0.3, 0.4) is 0 Å². The fourth-order valence-electron chi connectivity index (χ4n) is 4.73. The monoisotopic (exact) mass is 405 g/mol. The quantitative estimate of drug-likeness (QED) is 0.431. The summed E-state index contributed by atoms with van der Waals surface area (Å²) in [6, 6.07) is 10.3. The molecule has 0 saturated carbocycles. The molecule has 0 radical (unpaired) electrons. The molecule has 2 aliphatic rings. The number of carbonyl (C=O) groups excluding carboxylic acids is 2. The van der Waals surface area contributed by atoms with Gasteiger partial charge >= 0.3 is 0 Å². The molecule has 30 heavy (non-hydrogen) atoms. The van der Waals surface area contributed by atoms with Crippen LogP contribution in [0.5, 0.6) is 0 Å². The van der Waals surface area contributed by atoms with Gasteiger partial charge in [0.05, 0.1) is 10.9 Å². The van der Waals surface area contributed by atoms with Crippen LogP contribution in [0.4, 0.5) is 11.4 Å². The van der Waals surface area contributed by atoms with Gasteiger partial charge in [-0.1, -0.05) is 37.6 Å². The Balaban J connectivity index is 1.85. The highest BCUT2D eigenvalue weighted by Crippen LogP contribution is 2.49. The number of nitrogens with zero attached hydrogens (tertiary/aromatic N) is 2. The lowest BCUT2D eigenvalue weighted by Gasteiger charge is -2.44. The van der Waals surface area contributed by atoms with E-state index in [1.807, 2.05) is 0 Å². The van der Waals surface area contributed by atoms with Crippen LogP contribution in [-0.2, 0) is 0 Å². The maximum absolute atomic E-state index is 13.6. The number of carboxylic acids is 1. The van der Waals surface area contributed by atoms with Gasteiger partial charge in [0.15, 0.2) is 0 Å². The molecule has 4 rings (SSSR count). The lowest BCUT2D eigenvalue weighted by molar-refractivity contribution is -0.384. The third-order valence-corrected chi connectivity index (χ3v) is 6.03. The molecule has 0 fully saturated rings. The number of non-ortho nitro benzene ring substituents is 1. The number of nitro benzene ring substituents is 1. The molecule has 2 aromatic rings. The molecule has 7 heteroatoms. The van der Waals surface area contributed by atoms with Gasteiger partial charge in [-0.15, -0.1) is 0 Å². The first kappa shape index (κ1) is 19.8. The SMILES string of the molecule is CCC[C@H]1[C@H]2CC=C[C@@H]2c2cc(C(=O)[O-])ccc2N1C(=O)c1cccc([N+](=O)[O-])c1. The second-order valence-corrected chi connectivity index (χ2v) is 7.75. The highest BCUT2D eigenvalue weighted by Gasteiger charge is 2.43. The number of fused-ring (bicyclic) bond motifs is 3. The number of anilines is 1. The van der Waals surface area contributed by atoms with Crippen molar-refractivity contribution in [3.63, 3.8) is 0 Å².